The zero-order chi connectivity index (χ0) is 25.6. The Labute approximate surface area is 209 Å². The number of aliphatic hydroxyl groups is 3. The third kappa shape index (κ3) is 4.31. The van der Waals surface area contributed by atoms with E-state index in [0.717, 1.165) is 6.42 Å². The van der Waals surface area contributed by atoms with Crippen LogP contribution in [0.2, 0.25) is 5.02 Å². The molecule has 0 unspecified atom stereocenters. The van der Waals surface area contributed by atoms with Gasteiger partial charge in [-0.3, -0.25) is 0 Å². The predicted molar refractivity (Wildman–Crippen MR) is 120 cm³/mol. The third-order valence-corrected chi connectivity index (χ3v) is 7.26. The minimum Gasteiger partial charge on any atom is -0.394 e. The zero-order valence-corrected chi connectivity index (χ0v) is 20.0. The molecule has 2 aliphatic rings. The Kier molecular flexibility index (Phi) is 6.83. The van der Waals surface area contributed by atoms with Gasteiger partial charge in [0.25, 0.3) is 0 Å². The Bertz CT molecular complexity index is 1240. The summed E-state index contributed by atoms with van der Waals surface area (Å²) >= 11 is 5.64. The molecular formula is C23H25ClF2N4O6. The van der Waals surface area contributed by atoms with Crippen molar-refractivity contribution < 1.29 is 38.1 Å². The number of rotatable bonds is 7. The molecular weight excluding hydrogens is 502 g/mol. The smallest absolute Gasteiger partial charge is 0.178 e. The normalized spacial score (nSPS) is 27.7. The molecule has 5 atom stereocenters. The van der Waals surface area contributed by atoms with Crippen LogP contribution >= 0.6 is 11.6 Å². The lowest BCUT2D eigenvalue weighted by molar-refractivity contribution is -0.212. The molecule has 5 rings (SSSR count). The lowest BCUT2D eigenvalue weighted by Gasteiger charge is -2.43. The fourth-order valence-corrected chi connectivity index (χ4v) is 4.94. The van der Waals surface area contributed by atoms with E-state index in [1.165, 1.54) is 30.1 Å². The number of aliphatic hydroxyl groups excluding tert-OH is 2. The molecule has 1 aromatic carbocycles. The first-order chi connectivity index (χ1) is 17.3. The van der Waals surface area contributed by atoms with E-state index in [9.17, 15) is 24.1 Å². The summed E-state index contributed by atoms with van der Waals surface area (Å²) in [6.07, 6.45) is -0.130. The van der Waals surface area contributed by atoms with Gasteiger partial charge in [0.15, 0.2) is 17.4 Å². The maximum Gasteiger partial charge on any atom is 0.178 e. The Morgan fingerprint density at radius 2 is 2.03 bits per heavy atom. The fourth-order valence-electron chi connectivity index (χ4n) is 4.79. The summed E-state index contributed by atoms with van der Waals surface area (Å²) < 4.78 is 46.7. The summed E-state index contributed by atoms with van der Waals surface area (Å²) in [5.74, 6) is -2.00. The van der Waals surface area contributed by atoms with Gasteiger partial charge in [0.05, 0.1) is 29.6 Å². The van der Waals surface area contributed by atoms with Gasteiger partial charge >= 0.3 is 0 Å². The quantitative estimate of drug-likeness (QED) is 0.396. The van der Waals surface area contributed by atoms with E-state index in [4.69, 9.17) is 25.6 Å². The first-order valence-corrected chi connectivity index (χ1v) is 11.8. The molecule has 0 spiro atoms. The summed E-state index contributed by atoms with van der Waals surface area (Å²) in [5.41, 5.74) is -0.650. The summed E-state index contributed by atoms with van der Waals surface area (Å²) in [5, 5.41) is 43.0. The van der Waals surface area contributed by atoms with Crippen molar-refractivity contribution in [2.45, 2.75) is 61.7 Å². The Morgan fingerprint density at radius 3 is 2.69 bits per heavy atom. The predicted octanol–water partition coefficient (Wildman–Crippen LogP) is 2.16. The minimum absolute atomic E-state index is 0.0172. The average Bonchev–Trinajstić information content (AvgIpc) is 3.52. The van der Waals surface area contributed by atoms with Gasteiger partial charge in [0.2, 0.25) is 0 Å². The second kappa shape index (κ2) is 9.77. The molecule has 2 fully saturated rings. The van der Waals surface area contributed by atoms with Gasteiger partial charge in [-0.1, -0.05) is 22.0 Å². The van der Waals surface area contributed by atoms with Crippen molar-refractivity contribution in [2.24, 2.45) is 0 Å². The summed E-state index contributed by atoms with van der Waals surface area (Å²) in [4.78, 5) is 0. The molecule has 3 aromatic rings. The number of halogens is 3. The SMILES string of the molecule is CO[C@@H]1[C@@H](n2cc(-c3ccc(Cl)c(F)c3F)nn2)[C@@H](O)[C@@H](CO)O[C@@H]1Cc1cc(C2(O)CCC2)on1. The van der Waals surface area contributed by atoms with E-state index in [-0.39, 0.29) is 22.7 Å². The molecule has 3 N–H and O–H groups in total. The van der Waals surface area contributed by atoms with Gasteiger partial charge < -0.3 is 29.3 Å². The molecule has 3 heterocycles. The van der Waals surface area contributed by atoms with Crippen LogP contribution < -0.4 is 0 Å². The Morgan fingerprint density at radius 1 is 1.25 bits per heavy atom. The van der Waals surface area contributed by atoms with Crippen molar-refractivity contribution in [1.29, 1.82) is 0 Å². The Hall–Kier alpha value is -2.48. The van der Waals surface area contributed by atoms with Crippen LogP contribution in [0.25, 0.3) is 11.3 Å². The highest BCUT2D eigenvalue weighted by atomic mass is 35.5. The monoisotopic (exact) mass is 526 g/mol. The largest absolute Gasteiger partial charge is 0.394 e. The van der Waals surface area contributed by atoms with Crippen molar-refractivity contribution in [3.63, 3.8) is 0 Å². The summed E-state index contributed by atoms with van der Waals surface area (Å²) in [7, 11) is 1.43. The van der Waals surface area contributed by atoms with E-state index in [2.05, 4.69) is 15.5 Å². The van der Waals surface area contributed by atoms with Gasteiger partial charge in [-0.15, -0.1) is 5.10 Å². The molecule has 1 aliphatic carbocycles. The topological polar surface area (TPSA) is 136 Å². The maximum atomic E-state index is 14.5. The average molecular weight is 527 g/mol. The van der Waals surface area contributed by atoms with Crippen LogP contribution in [-0.4, -0.2) is 73.6 Å². The first kappa shape index (κ1) is 25.2. The summed E-state index contributed by atoms with van der Waals surface area (Å²) in [6, 6.07) is 3.25. The van der Waals surface area contributed by atoms with Crippen molar-refractivity contribution in [2.75, 3.05) is 13.7 Å². The molecule has 13 heteroatoms. The van der Waals surface area contributed by atoms with E-state index in [1.807, 2.05) is 0 Å². The van der Waals surface area contributed by atoms with Crippen molar-refractivity contribution in [3.05, 3.63) is 52.5 Å². The highest BCUT2D eigenvalue weighted by molar-refractivity contribution is 6.30. The van der Waals surface area contributed by atoms with E-state index in [1.54, 1.807) is 6.07 Å². The molecule has 1 saturated carbocycles. The molecule has 1 saturated heterocycles. The molecule has 2 aromatic heterocycles. The van der Waals surface area contributed by atoms with Crippen LogP contribution in [0.3, 0.4) is 0 Å². The molecule has 36 heavy (non-hydrogen) atoms. The van der Waals surface area contributed by atoms with Gasteiger partial charge in [0, 0.05) is 25.2 Å². The van der Waals surface area contributed by atoms with E-state index < -0.39 is 54.3 Å². The Balaban J connectivity index is 1.43. The van der Waals surface area contributed by atoms with Crippen LogP contribution in [0.15, 0.2) is 28.9 Å². The number of nitrogens with zero attached hydrogens (tertiary/aromatic N) is 4. The first-order valence-electron chi connectivity index (χ1n) is 11.5. The number of hydrogen-bond donors (Lipinski definition) is 3. The molecule has 0 amide bonds. The van der Waals surface area contributed by atoms with Gasteiger partial charge in [-0.05, 0) is 31.4 Å². The lowest BCUT2D eigenvalue weighted by Crippen LogP contribution is -2.57. The van der Waals surface area contributed by atoms with Crippen LogP contribution in [0.5, 0.6) is 0 Å². The second-order valence-electron chi connectivity index (χ2n) is 9.16. The van der Waals surface area contributed by atoms with Gasteiger partial charge in [-0.2, -0.15) is 0 Å². The number of hydrogen-bond acceptors (Lipinski definition) is 9. The van der Waals surface area contributed by atoms with E-state index in [0.29, 0.717) is 24.3 Å². The van der Waals surface area contributed by atoms with Crippen molar-refractivity contribution in [1.82, 2.24) is 20.2 Å². The van der Waals surface area contributed by atoms with Crippen LogP contribution in [-0.2, 0) is 21.5 Å². The maximum absolute atomic E-state index is 14.5. The van der Waals surface area contributed by atoms with Gasteiger partial charge in [-0.25, -0.2) is 13.5 Å². The van der Waals surface area contributed by atoms with Crippen LogP contribution in [0.4, 0.5) is 8.78 Å². The lowest BCUT2D eigenvalue weighted by atomic mass is 9.78. The molecule has 10 nitrogen and oxygen atoms in total. The standard InChI is InChI=1S/C23H25ClF2N4O6/c1-34-22-15(7-11-8-17(36-28-11)23(33)5-2-6-23)35-16(10-31)21(32)20(22)30-9-14(27-29-30)12-3-4-13(24)19(26)18(12)25/h3-4,8-9,15-16,20-22,31-33H,2,5-7,10H2,1H3/t15-,16-,20+,21+,22+/m1/s1. The molecule has 0 bridgehead atoms. The number of methoxy groups -OCH3 is 1. The second-order valence-corrected chi connectivity index (χ2v) is 9.56. The minimum atomic E-state index is -1.26. The van der Waals surface area contributed by atoms with E-state index >= 15 is 0 Å². The molecule has 0 radical (unpaired) electrons. The highest BCUT2D eigenvalue weighted by Gasteiger charge is 2.47. The van der Waals surface area contributed by atoms with Crippen LogP contribution in [0, 0.1) is 11.6 Å². The number of benzene rings is 1. The fraction of sp³-hybridized carbons (Fsp3) is 0.522. The highest BCUT2D eigenvalue weighted by Crippen LogP contribution is 2.41. The molecule has 1 aliphatic heterocycles. The third-order valence-electron chi connectivity index (χ3n) is 6.97. The van der Waals surface area contributed by atoms with Crippen molar-refractivity contribution >= 4 is 11.6 Å². The van der Waals surface area contributed by atoms with Gasteiger partial charge in [0.1, 0.15) is 35.6 Å². The zero-order valence-electron chi connectivity index (χ0n) is 19.2. The van der Waals surface area contributed by atoms with Crippen LogP contribution in [0.1, 0.15) is 36.8 Å². The molecule has 194 valence electrons. The number of aromatic nitrogens is 4. The summed E-state index contributed by atoms with van der Waals surface area (Å²) in [6.45, 7) is -0.493. The van der Waals surface area contributed by atoms with Crippen molar-refractivity contribution in [3.8, 4) is 11.3 Å². The number of ether oxygens (including phenoxy) is 2.